The van der Waals surface area contributed by atoms with E-state index >= 15 is 0 Å². The van der Waals surface area contributed by atoms with Crippen molar-refractivity contribution in [1.82, 2.24) is 4.98 Å². The lowest BCUT2D eigenvalue weighted by Crippen LogP contribution is -2.45. The van der Waals surface area contributed by atoms with Gasteiger partial charge in [0.15, 0.2) is 0 Å². The molecule has 32 heavy (non-hydrogen) atoms. The third kappa shape index (κ3) is 3.86. The molecule has 0 saturated carbocycles. The van der Waals surface area contributed by atoms with Crippen molar-refractivity contribution in [3.8, 4) is 5.88 Å². The number of benzene rings is 2. The van der Waals surface area contributed by atoms with Gasteiger partial charge in [0.1, 0.15) is 12.5 Å². The highest BCUT2D eigenvalue weighted by Crippen LogP contribution is 2.41. The smallest absolute Gasteiger partial charge is 0.416 e. The molecule has 3 aromatic rings. The molecule has 2 aromatic carbocycles. The summed E-state index contributed by atoms with van der Waals surface area (Å²) in [6.07, 6.45) is -4.58. The molecule has 0 aliphatic carbocycles. The number of methoxy groups -OCH3 is 1. The fourth-order valence-corrected chi connectivity index (χ4v) is 3.75. The summed E-state index contributed by atoms with van der Waals surface area (Å²) < 4.78 is 59.1. The summed E-state index contributed by atoms with van der Waals surface area (Å²) in [6.45, 7) is 3.32. The third-order valence-corrected chi connectivity index (χ3v) is 5.26. The minimum atomic E-state index is -4.58. The molecule has 0 N–H and O–H groups in total. The van der Waals surface area contributed by atoms with Gasteiger partial charge < -0.3 is 9.64 Å². The van der Waals surface area contributed by atoms with Gasteiger partial charge in [-0.3, -0.25) is 9.69 Å². The Balaban J connectivity index is 1.91. The van der Waals surface area contributed by atoms with Gasteiger partial charge in [-0.15, -0.1) is 0 Å². The van der Waals surface area contributed by atoms with Crippen molar-refractivity contribution in [3.05, 3.63) is 76.7 Å². The number of hydrogen-bond donors (Lipinski definition) is 0. The predicted molar refractivity (Wildman–Crippen MR) is 112 cm³/mol. The molecule has 1 aliphatic heterocycles. The minimum absolute atomic E-state index is 0.0772. The van der Waals surface area contributed by atoms with Crippen LogP contribution >= 0.6 is 0 Å². The fourth-order valence-electron chi connectivity index (χ4n) is 3.75. The second-order valence-corrected chi connectivity index (χ2v) is 7.47. The topological polar surface area (TPSA) is 45.7 Å². The van der Waals surface area contributed by atoms with E-state index in [0.717, 1.165) is 12.1 Å². The largest absolute Gasteiger partial charge is 0.481 e. The van der Waals surface area contributed by atoms with Gasteiger partial charge in [0.05, 0.1) is 29.6 Å². The van der Waals surface area contributed by atoms with Crippen LogP contribution in [0.1, 0.15) is 27.2 Å². The number of aryl methyl sites for hydroxylation is 2. The fraction of sp³-hybridized carbons (Fsp3) is 0.217. The highest BCUT2D eigenvalue weighted by Gasteiger charge is 2.36. The molecule has 0 atom stereocenters. The number of rotatable bonds is 3. The normalized spacial score (nSPS) is 13.9. The van der Waals surface area contributed by atoms with Crippen LogP contribution in [-0.2, 0) is 6.18 Å². The maximum Gasteiger partial charge on any atom is 0.416 e. The molecule has 0 fully saturated rings. The highest BCUT2D eigenvalue weighted by molar-refractivity contribution is 6.12. The van der Waals surface area contributed by atoms with Crippen molar-refractivity contribution in [2.45, 2.75) is 20.0 Å². The average Bonchev–Trinajstić information content (AvgIpc) is 2.73. The van der Waals surface area contributed by atoms with Crippen molar-refractivity contribution >= 4 is 23.0 Å². The third-order valence-electron chi connectivity index (χ3n) is 5.26. The summed E-state index contributed by atoms with van der Waals surface area (Å²) in [5.74, 6) is -0.622. The van der Waals surface area contributed by atoms with Crippen LogP contribution in [0.5, 0.6) is 5.88 Å². The van der Waals surface area contributed by atoms with Crippen LogP contribution in [0.4, 0.5) is 34.6 Å². The van der Waals surface area contributed by atoms with Gasteiger partial charge in [-0.1, -0.05) is 0 Å². The SMILES string of the molecule is COc1cc(N2CN(c3ccc(F)cc3C)c3cc(C(F)(F)F)ccc3C2=O)cc(C)n1. The summed E-state index contributed by atoms with van der Waals surface area (Å²) in [6, 6.07) is 10.3. The first-order valence-corrected chi connectivity index (χ1v) is 9.68. The molecule has 0 radical (unpaired) electrons. The van der Waals surface area contributed by atoms with Crippen LogP contribution in [-0.4, -0.2) is 24.7 Å². The van der Waals surface area contributed by atoms with Crippen LogP contribution in [0.3, 0.4) is 0 Å². The van der Waals surface area contributed by atoms with Crippen molar-refractivity contribution in [2.75, 3.05) is 23.6 Å². The lowest BCUT2D eigenvalue weighted by Gasteiger charge is -2.39. The molecule has 9 heteroatoms. The van der Waals surface area contributed by atoms with Gasteiger partial charge in [0.25, 0.3) is 5.91 Å². The van der Waals surface area contributed by atoms with Crippen molar-refractivity contribution < 1.29 is 27.1 Å². The molecular formula is C23H19F4N3O2. The zero-order valence-electron chi connectivity index (χ0n) is 17.5. The second-order valence-electron chi connectivity index (χ2n) is 7.47. The Hall–Kier alpha value is -3.62. The van der Waals surface area contributed by atoms with Crippen LogP contribution < -0.4 is 14.5 Å². The molecule has 0 spiro atoms. The molecule has 166 valence electrons. The van der Waals surface area contributed by atoms with Crippen molar-refractivity contribution in [3.63, 3.8) is 0 Å². The number of nitrogens with zero attached hydrogens (tertiary/aromatic N) is 3. The first-order chi connectivity index (χ1) is 15.1. The van der Waals surface area contributed by atoms with Gasteiger partial charge in [0.2, 0.25) is 5.88 Å². The Morgan fingerprint density at radius 2 is 1.72 bits per heavy atom. The van der Waals surface area contributed by atoms with E-state index in [0.29, 0.717) is 28.5 Å². The first-order valence-electron chi connectivity index (χ1n) is 9.68. The second kappa shape index (κ2) is 7.81. The molecule has 4 rings (SSSR count). The van der Waals surface area contributed by atoms with E-state index in [9.17, 15) is 22.4 Å². The number of amides is 1. The highest BCUT2D eigenvalue weighted by atomic mass is 19.4. The predicted octanol–water partition coefficient (Wildman–Crippen LogP) is 5.62. The van der Waals surface area contributed by atoms with Gasteiger partial charge in [0, 0.05) is 17.4 Å². The maximum atomic E-state index is 13.7. The van der Waals surface area contributed by atoms with Crippen LogP contribution in [0.15, 0.2) is 48.5 Å². The lowest BCUT2D eigenvalue weighted by molar-refractivity contribution is -0.137. The Kier molecular flexibility index (Phi) is 5.28. The zero-order chi connectivity index (χ0) is 23.2. The first kappa shape index (κ1) is 21.6. The number of carbonyl (C=O) groups is 1. The van der Waals surface area contributed by atoms with Gasteiger partial charge in [-0.25, -0.2) is 9.37 Å². The summed E-state index contributed by atoms with van der Waals surface area (Å²) in [5, 5.41) is 0. The number of alkyl halides is 3. The molecule has 0 saturated heterocycles. The van der Waals surface area contributed by atoms with E-state index in [2.05, 4.69) is 4.98 Å². The number of ether oxygens (including phenoxy) is 1. The summed E-state index contributed by atoms with van der Waals surface area (Å²) in [7, 11) is 1.45. The molecule has 1 amide bonds. The van der Waals surface area contributed by atoms with Crippen molar-refractivity contribution in [1.29, 1.82) is 0 Å². The molecule has 2 heterocycles. The Morgan fingerprint density at radius 1 is 0.969 bits per heavy atom. The summed E-state index contributed by atoms with van der Waals surface area (Å²) >= 11 is 0. The minimum Gasteiger partial charge on any atom is -0.481 e. The van der Waals surface area contributed by atoms with Crippen LogP contribution in [0.2, 0.25) is 0 Å². The average molecular weight is 445 g/mol. The Labute approximate surface area is 181 Å². The number of aromatic nitrogens is 1. The monoisotopic (exact) mass is 445 g/mol. The van der Waals surface area contributed by atoms with Crippen molar-refractivity contribution in [2.24, 2.45) is 0 Å². The Bertz CT molecular complexity index is 1210. The molecule has 0 bridgehead atoms. The van der Waals surface area contributed by atoms with E-state index in [-0.39, 0.29) is 17.9 Å². The van der Waals surface area contributed by atoms with E-state index in [1.54, 1.807) is 30.9 Å². The number of halogens is 4. The zero-order valence-corrected chi connectivity index (χ0v) is 17.5. The number of hydrogen-bond acceptors (Lipinski definition) is 4. The molecular weight excluding hydrogens is 426 g/mol. The van der Waals surface area contributed by atoms with Gasteiger partial charge in [-0.05, 0) is 61.9 Å². The van der Waals surface area contributed by atoms with Crippen LogP contribution in [0, 0.1) is 19.7 Å². The van der Waals surface area contributed by atoms with E-state index in [4.69, 9.17) is 4.74 Å². The van der Waals surface area contributed by atoms with E-state index in [1.165, 1.54) is 36.3 Å². The number of carbonyl (C=O) groups excluding carboxylic acids is 1. The van der Waals surface area contributed by atoms with Gasteiger partial charge >= 0.3 is 6.18 Å². The molecule has 0 unspecified atom stereocenters. The number of pyridine rings is 1. The summed E-state index contributed by atoms with van der Waals surface area (Å²) in [5.41, 5.74) is 1.43. The Morgan fingerprint density at radius 3 is 2.38 bits per heavy atom. The van der Waals surface area contributed by atoms with E-state index in [1.807, 2.05) is 0 Å². The standard InChI is InChI=1S/C23H19F4N3O2/c1-13-8-16(24)5-7-19(13)30-12-29(17-9-14(2)28-21(11-17)32-3)22(31)18-6-4-15(10-20(18)30)23(25,26)27/h4-11H,12H2,1-3H3. The number of fused-ring (bicyclic) bond motifs is 1. The summed E-state index contributed by atoms with van der Waals surface area (Å²) in [4.78, 5) is 20.5. The van der Waals surface area contributed by atoms with Crippen LogP contribution in [0.25, 0.3) is 0 Å². The maximum absolute atomic E-state index is 13.7. The van der Waals surface area contributed by atoms with E-state index < -0.39 is 23.5 Å². The number of anilines is 3. The molecule has 1 aliphatic rings. The lowest BCUT2D eigenvalue weighted by atomic mass is 10.0. The molecule has 1 aromatic heterocycles. The van der Waals surface area contributed by atoms with Gasteiger partial charge in [-0.2, -0.15) is 13.2 Å². The molecule has 5 nitrogen and oxygen atoms in total. The quantitative estimate of drug-likeness (QED) is 0.491.